The van der Waals surface area contributed by atoms with Gasteiger partial charge in [-0.05, 0) is 149 Å². The van der Waals surface area contributed by atoms with Crippen molar-refractivity contribution in [1.29, 1.82) is 0 Å². The van der Waals surface area contributed by atoms with Crippen LogP contribution in [0.1, 0.15) is 350 Å². The summed E-state index contributed by atoms with van der Waals surface area (Å²) in [6, 6.07) is 0. The summed E-state index contributed by atoms with van der Waals surface area (Å²) in [7, 11) is 0. The number of rotatable bonds is 8. The van der Waals surface area contributed by atoms with Crippen LogP contribution in [0.15, 0.2) is 0 Å². The standard InChI is InChI=1S/C14H28.C12H24.C11H22.2C10H20.5C2H6/c1-12(2)14(13(3,4)5)10-8-6-7-9-11-14;1-10(2)12(11(3)4)8-6-5-7-9-12;1-9(2)11(10(3)4)7-5-6-8-11;1-8(2)10(6-7-10)9(3,4)5;1-8(2)10(9(3)4)6-5-7-10;5*1-2/h12H,6-11H2,1-5H3;10-11H,5-9H2,1-4H3;9-10H,5-8H2,1-4H3;8H,6-7H2,1-5H3;8-9H,5-7H2,1-4H3;5*1-2H3. The van der Waals surface area contributed by atoms with Gasteiger partial charge in [-0.1, -0.05) is 286 Å². The molecule has 67 heavy (non-hydrogen) atoms. The lowest BCUT2D eigenvalue weighted by Gasteiger charge is -2.49. The molecule has 0 saturated heterocycles. The summed E-state index contributed by atoms with van der Waals surface area (Å²) in [6.45, 7) is 72.7. The van der Waals surface area contributed by atoms with Crippen LogP contribution >= 0.6 is 0 Å². The van der Waals surface area contributed by atoms with Crippen molar-refractivity contribution in [2.75, 3.05) is 0 Å². The topological polar surface area (TPSA) is 0 Å². The number of hydrogen-bond donors (Lipinski definition) is 0. The van der Waals surface area contributed by atoms with E-state index in [9.17, 15) is 0 Å². The molecule has 0 N–H and O–H groups in total. The van der Waals surface area contributed by atoms with E-state index < -0.39 is 0 Å². The third-order valence-electron chi connectivity index (χ3n) is 19.5. The Kier molecular flexibility index (Phi) is 42.7. The molecule has 5 saturated carbocycles. The molecular weight excluding hydrogens is 805 g/mol. The first kappa shape index (κ1) is 75.9. The summed E-state index contributed by atoms with van der Waals surface area (Å²) < 4.78 is 0. The molecule has 5 aliphatic rings. The highest BCUT2D eigenvalue weighted by atomic mass is 14.6. The zero-order chi connectivity index (χ0) is 54.3. The summed E-state index contributed by atoms with van der Waals surface area (Å²) in [5.41, 5.74) is 4.39. The summed E-state index contributed by atoms with van der Waals surface area (Å²) >= 11 is 0. The average Bonchev–Trinajstić information content (AvgIpc) is 4.01. The van der Waals surface area contributed by atoms with E-state index in [4.69, 9.17) is 0 Å². The minimum atomic E-state index is 0.478. The Balaban J connectivity index is -0.000000229. The van der Waals surface area contributed by atoms with Gasteiger partial charge in [0.25, 0.3) is 0 Å². The molecule has 5 rings (SSSR count). The van der Waals surface area contributed by atoms with Crippen LogP contribution in [0.2, 0.25) is 0 Å². The van der Waals surface area contributed by atoms with Gasteiger partial charge in [-0.2, -0.15) is 0 Å². The second-order valence-electron chi connectivity index (χ2n) is 25.8. The molecule has 0 aliphatic heterocycles. The van der Waals surface area contributed by atoms with E-state index in [1.165, 1.54) is 128 Å². The fourth-order valence-electron chi connectivity index (χ4n) is 14.2. The zero-order valence-corrected chi connectivity index (χ0v) is 54.3. The second kappa shape index (κ2) is 37.7. The monoisotopic (exact) mass is 949 g/mol. The molecule has 0 unspecified atom stereocenters. The maximum atomic E-state index is 2.44. The molecule has 0 heteroatoms. The van der Waals surface area contributed by atoms with Crippen LogP contribution in [0.4, 0.5) is 0 Å². The minimum Gasteiger partial charge on any atom is -0.0683 e. The average molecular weight is 950 g/mol. The molecule has 0 atom stereocenters. The molecule has 5 fully saturated rings. The summed E-state index contributed by atoms with van der Waals surface area (Å²) in [5, 5.41) is 0. The fraction of sp³-hybridized carbons (Fsp3) is 1.00. The van der Waals surface area contributed by atoms with E-state index in [1.807, 2.05) is 69.2 Å². The highest BCUT2D eigenvalue weighted by molar-refractivity contribution is 5.03. The summed E-state index contributed by atoms with van der Waals surface area (Å²) in [6.07, 6.45) is 29.3. The van der Waals surface area contributed by atoms with Crippen molar-refractivity contribution in [1.82, 2.24) is 0 Å². The fourth-order valence-corrected chi connectivity index (χ4v) is 14.2. The maximum Gasteiger partial charge on any atom is -0.0225 e. The summed E-state index contributed by atoms with van der Waals surface area (Å²) in [5.74, 6) is 6.99. The Morgan fingerprint density at radius 3 is 0.493 bits per heavy atom. The van der Waals surface area contributed by atoms with Gasteiger partial charge in [0.1, 0.15) is 0 Å². The van der Waals surface area contributed by atoms with Crippen LogP contribution in [0.25, 0.3) is 0 Å². The third-order valence-corrected chi connectivity index (χ3v) is 19.5. The highest BCUT2D eigenvalue weighted by Crippen LogP contribution is 2.63. The van der Waals surface area contributed by atoms with Crippen molar-refractivity contribution in [2.24, 2.45) is 85.2 Å². The number of hydrogen-bond acceptors (Lipinski definition) is 0. The Labute approximate surface area is 433 Å². The molecule has 0 aromatic heterocycles. The zero-order valence-electron chi connectivity index (χ0n) is 54.3. The van der Waals surface area contributed by atoms with Crippen LogP contribution in [0, 0.1) is 85.2 Å². The first-order valence-corrected chi connectivity index (χ1v) is 31.1. The van der Waals surface area contributed by atoms with Gasteiger partial charge in [0, 0.05) is 0 Å². The van der Waals surface area contributed by atoms with Crippen LogP contribution in [0.3, 0.4) is 0 Å². The predicted octanol–water partition coefficient (Wildman–Crippen LogP) is 25.2. The van der Waals surface area contributed by atoms with Crippen molar-refractivity contribution in [3.8, 4) is 0 Å². The van der Waals surface area contributed by atoms with Crippen molar-refractivity contribution >= 4 is 0 Å². The molecule has 0 spiro atoms. The molecule has 0 bridgehead atoms. The molecule has 0 heterocycles. The smallest absolute Gasteiger partial charge is 0.0225 e. The van der Waals surface area contributed by atoms with E-state index in [0.717, 1.165) is 52.8 Å². The van der Waals surface area contributed by atoms with Crippen LogP contribution in [-0.4, -0.2) is 0 Å². The maximum absolute atomic E-state index is 2.44. The lowest BCUT2D eigenvalue weighted by atomic mass is 9.56. The van der Waals surface area contributed by atoms with Gasteiger partial charge in [0.2, 0.25) is 0 Å². The van der Waals surface area contributed by atoms with Gasteiger partial charge in [0.05, 0.1) is 0 Å². The first-order valence-electron chi connectivity index (χ1n) is 31.1. The second-order valence-corrected chi connectivity index (χ2v) is 25.8. The van der Waals surface area contributed by atoms with Crippen molar-refractivity contribution < 1.29 is 0 Å². The predicted molar refractivity (Wildman–Crippen MR) is 319 cm³/mol. The van der Waals surface area contributed by atoms with Crippen LogP contribution < -0.4 is 0 Å². The van der Waals surface area contributed by atoms with Gasteiger partial charge in [-0.15, -0.1) is 0 Å². The largest absolute Gasteiger partial charge is 0.0683 e. The molecular formula is C67H144. The van der Waals surface area contributed by atoms with Gasteiger partial charge in [-0.25, -0.2) is 0 Å². The Hall–Kier alpha value is 0. The Bertz CT molecular complexity index is 994. The quantitative estimate of drug-likeness (QED) is 0.213. The van der Waals surface area contributed by atoms with E-state index in [1.54, 1.807) is 0 Å². The molecule has 0 radical (unpaired) electrons. The lowest BCUT2D eigenvalue weighted by Crippen LogP contribution is -2.40. The van der Waals surface area contributed by atoms with Crippen molar-refractivity contribution in [3.05, 3.63) is 0 Å². The molecule has 0 nitrogen and oxygen atoms in total. The van der Waals surface area contributed by atoms with E-state index in [-0.39, 0.29) is 0 Å². The molecule has 0 aromatic rings. The van der Waals surface area contributed by atoms with Gasteiger partial charge in [-0.3, -0.25) is 0 Å². The van der Waals surface area contributed by atoms with Gasteiger partial charge in [0.15, 0.2) is 0 Å². The minimum absolute atomic E-state index is 0.478. The van der Waals surface area contributed by atoms with E-state index in [2.05, 4.69) is 152 Å². The van der Waals surface area contributed by atoms with Gasteiger partial charge < -0.3 is 0 Å². The Morgan fingerprint density at radius 2 is 0.373 bits per heavy atom. The Morgan fingerprint density at radius 1 is 0.209 bits per heavy atom. The third kappa shape index (κ3) is 22.8. The molecule has 0 aromatic carbocycles. The molecule has 412 valence electrons. The van der Waals surface area contributed by atoms with Crippen LogP contribution in [0.5, 0.6) is 0 Å². The van der Waals surface area contributed by atoms with E-state index >= 15 is 0 Å². The SMILES string of the molecule is CC.CC.CC.CC.CC.CC(C)C1(C(C)(C)C)CC1.CC(C)C1(C(C)(C)C)CCCCCC1.CC(C)C1(C(C)C)CCC1.CC(C)C1(C(C)C)CCCC1.CC(C)C1(C(C)C)CCCCC1. The lowest BCUT2D eigenvalue weighted by molar-refractivity contribution is 0.0133. The van der Waals surface area contributed by atoms with Gasteiger partial charge >= 0.3 is 0 Å². The van der Waals surface area contributed by atoms with Crippen molar-refractivity contribution in [2.45, 2.75) is 350 Å². The highest BCUT2D eigenvalue weighted by Gasteiger charge is 2.53. The van der Waals surface area contributed by atoms with Crippen molar-refractivity contribution in [3.63, 3.8) is 0 Å². The molecule has 0 amide bonds. The first-order chi connectivity index (χ1) is 31.1. The summed E-state index contributed by atoms with van der Waals surface area (Å²) in [4.78, 5) is 0. The van der Waals surface area contributed by atoms with Crippen LogP contribution in [-0.2, 0) is 0 Å². The normalized spacial score (nSPS) is 20.4. The molecule has 5 aliphatic carbocycles. The van der Waals surface area contributed by atoms with E-state index in [0.29, 0.717) is 32.5 Å².